The number of amides is 3. The van der Waals surface area contributed by atoms with Crippen molar-refractivity contribution in [1.29, 1.82) is 0 Å². The van der Waals surface area contributed by atoms with Crippen LogP contribution in [0.3, 0.4) is 0 Å². The van der Waals surface area contributed by atoms with E-state index in [2.05, 4.69) is 0 Å². The van der Waals surface area contributed by atoms with Gasteiger partial charge in [0.2, 0.25) is 17.7 Å². The van der Waals surface area contributed by atoms with Crippen LogP contribution < -0.4 is 0 Å². The molecule has 0 fully saturated rings. The van der Waals surface area contributed by atoms with Gasteiger partial charge < -0.3 is 14.7 Å². The molecule has 0 spiro atoms. The summed E-state index contributed by atoms with van der Waals surface area (Å²) in [5.74, 6) is -0.453. The van der Waals surface area contributed by atoms with Gasteiger partial charge in [-0.1, -0.05) is 27.7 Å². The van der Waals surface area contributed by atoms with Crippen LogP contribution in [0.25, 0.3) is 0 Å². The summed E-state index contributed by atoms with van der Waals surface area (Å²) in [6, 6.07) is 0. The Balaban J connectivity index is 0. The Bertz CT molecular complexity index is 388. The lowest BCUT2D eigenvalue weighted by atomic mass is 10.3. The highest BCUT2D eigenvalue weighted by Crippen LogP contribution is 1.95. The van der Waals surface area contributed by atoms with Crippen molar-refractivity contribution in [3.8, 4) is 0 Å². The maximum Gasteiger partial charge on any atom is 0.242 e. The Morgan fingerprint density at radius 1 is 0.667 bits per heavy atom. The molecule has 0 aliphatic carbocycles. The molecule has 0 saturated carbocycles. The first-order chi connectivity index (χ1) is 11.2. The zero-order chi connectivity index (χ0) is 19.3. The Morgan fingerprint density at radius 3 is 1.42 bits per heavy atom. The SMILES string of the molecule is CC.CCCN(C)C(=O)CN(C)C(=O)CN(C)C(=O)CN(C)CC. The molecule has 0 heterocycles. The fourth-order valence-electron chi connectivity index (χ4n) is 1.75. The molecule has 0 aromatic carbocycles. The van der Waals surface area contributed by atoms with Gasteiger partial charge in [0.05, 0.1) is 19.6 Å². The molecule has 0 bridgehead atoms. The van der Waals surface area contributed by atoms with Crippen molar-refractivity contribution in [3.05, 3.63) is 0 Å². The lowest BCUT2D eigenvalue weighted by Crippen LogP contribution is -2.45. The molecular formula is C17H36N4O3. The minimum Gasteiger partial charge on any atom is -0.344 e. The Kier molecular flexibility index (Phi) is 14.1. The molecule has 0 saturated heterocycles. The molecule has 0 atom stereocenters. The predicted octanol–water partition coefficient (Wildman–Crippen LogP) is 0.750. The molecule has 24 heavy (non-hydrogen) atoms. The first kappa shape index (κ1) is 24.6. The molecule has 3 amide bonds. The summed E-state index contributed by atoms with van der Waals surface area (Å²) in [5, 5.41) is 0. The van der Waals surface area contributed by atoms with Crippen LogP contribution in [-0.2, 0) is 14.4 Å². The summed E-state index contributed by atoms with van der Waals surface area (Å²) in [4.78, 5) is 42.1. The molecule has 7 nitrogen and oxygen atoms in total. The van der Waals surface area contributed by atoms with Crippen molar-refractivity contribution in [1.82, 2.24) is 19.6 Å². The number of hydrogen-bond donors (Lipinski definition) is 0. The second kappa shape index (κ2) is 13.8. The van der Waals surface area contributed by atoms with E-state index in [1.165, 1.54) is 9.80 Å². The highest BCUT2D eigenvalue weighted by molar-refractivity contribution is 5.88. The number of nitrogens with zero attached hydrogens (tertiary/aromatic N) is 4. The van der Waals surface area contributed by atoms with Crippen LogP contribution in [0.4, 0.5) is 0 Å². The van der Waals surface area contributed by atoms with Gasteiger partial charge in [-0.05, 0) is 20.0 Å². The molecular weight excluding hydrogens is 308 g/mol. The van der Waals surface area contributed by atoms with Crippen LogP contribution in [0.2, 0.25) is 0 Å². The first-order valence-corrected chi connectivity index (χ1v) is 8.63. The summed E-state index contributed by atoms with van der Waals surface area (Å²) in [5.41, 5.74) is 0. The van der Waals surface area contributed by atoms with Crippen LogP contribution in [0, 0.1) is 0 Å². The maximum absolute atomic E-state index is 12.1. The third-order valence-corrected chi connectivity index (χ3v) is 3.53. The fourth-order valence-corrected chi connectivity index (χ4v) is 1.75. The number of carbonyl (C=O) groups is 3. The Hall–Kier alpha value is -1.63. The first-order valence-electron chi connectivity index (χ1n) is 8.63. The molecule has 142 valence electrons. The monoisotopic (exact) mass is 344 g/mol. The topological polar surface area (TPSA) is 64.2 Å². The van der Waals surface area contributed by atoms with E-state index in [1.807, 2.05) is 39.6 Å². The van der Waals surface area contributed by atoms with Crippen LogP contribution >= 0.6 is 0 Å². The van der Waals surface area contributed by atoms with Gasteiger partial charge >= 0.3 is 0 Å². The Morgan fingerprint density at radius 2 is 1.04 bits per heavy atom. The molecule has 0 rings (SSSR count). The number of rotatable bonds is 9. The lowest BCUT2D eigenvalue weighted by Gasteiger charge is -2.25. The van der Waals surface area contributed by atoms with Gasteiger partial charge in [-0.3, -0.25) is 19.3 Å². The van der Waals surface area contributed by atoms with Crippen LogP contribution in [0.5, 0.6) is 0 Å². The summed E-state index contributed by atoms with van der Waals surface area (Å²) < 4.78 is 0. The van der Waals surface area contributed by atoms with E-state index in [0.29, 0.717) is 6.54 Å². The third kappa shape index (κ3) is 10.2. The van der Waals surface area contributed by atoms with Gasteiger partial charge in [0.25, 0.3) is 0 Å². The largest absolute Gasteiger partial charge is 0.344 e. The zero-order valence-corrected chi connectivity index (χ0v) is 16.8. The van der Waals surface area contributed by atoms with Crippen molar-refractivity contribution in [2.75, 3.05) is 60.9 Å². The molecule has 0 aromatic rings. The molecule has 0 aromatic heterocycles. The summed E-state index contributed by atoms with van der Waals surface area (Å²) >= 11 is 0. The van der Waals surface area contributed by atoms with Crippen molar-refractivity contribution in [2.24, 2.45) is 0 Å². The minimum absolute atomic E-state index is 0.0162. The van der Waals surface area contributed by atoms with E-state index >= 15 is 0 Å². The molecule has 7 heteroatoms. The second-order valence-corrected chi connectivity index (χ2v) is 5.65. The molecule has 0 N–H and O–H groups in total. The average molecular weight is 345 g/mol. The predicted molar refractivity (Wildman–Crippen MR) is 97.7 cm³/mol. The molecule has 0 aliphatic rings. The average Bonchev–Trinajstić information content (AvgIpc) is 2.56. The maximum atomic E-state index is 12.1. The summed E-state index contributed by atoms with van der Waals surface area (Å²) in [6.07, 6.45) is 0.877. The molecule has 0 unspecified atom stereocenters. The van der Waals surface area contributed by atoms with Crippen molar-refractivity contribution >= 4 is 17.7 Å². The van der Waals surface area contributed by atoms with Gasteiger partial charge in [0.1, 0.15) is 0 Å². The normalized spacial score (nSPS) is 9.88. The van der Waals surface area contributed by atoms with Crippen molar-refractivity contribution in [2.45, 2.75) is 34.1 Å². The number of carbonyl (C=O) groups excluding carboxylic acids is 3. The highest BCUT2D eigenvalue weighted by Gasteiger charge is 2.19. The zero-order valence-electron chi connectivity index (χ0n) is 16.8. The van der Waals surface area contributed by atoms with Crippen LogP contribution in [0.1, 0.15) is 34.1 Å². The van der Waals surface area contributed by atoms with E-state index < -0.39 is 0 Å². The number of hydrogen-bond acceptors (Lipinski definition) is 4. The lowest BCUT2D eigenvalue weighted by molar-refractivity contribution is -0.142. The van der Waals surface area contributed by atoms with Crippen LogP contribution in [0.15, 0.2) is 0 Å². The summed E-state index contributed by atoms with van der Waals surface area (Å²) in [7, 11) is 6.75. The van der Waals surface area contributed by atoms with Crippen LogP contribution in [-0.4, -0.2) is 98.2 Å². The minimum atomic E-state index is -0.242. The second-order valence-electron chi connectivity index (χ2n) is 5.65. The standard InChI is InChI=1S/C15H30N4O3.C2H6/c1-7-9-17(4)14(21)11-19(6)15(22)12-18(5)13(20)10-16(3)8-2;1-2/h7-12H2,1-6H3;1-2H3. The van der Waals surface area contributed by atoms with Gasteiger partial charge in [0, 0.05) is 27.7 Å². The molecule has 0 aliphatic heterocycles. The smallest absolute Gasteiger partial charge is 0.242 e. The van der Waals surface area contributed by atoms with E-state index in [-0.39, 0.29) is 37.4 Å². The fraction of sp³-hybridized carbons (Fsp3) is 0.824. The molecule has 0 radical (unpaired) electrons. The van der Waals surface area contributed by atoms with Gasteiger partial charge in [-0.25, -0.2) is 0 Å². The van der Waals surface area contributed by atoms with Gasteiger partial charge in [0.15, 0.2) is 0 Å². The highest BCUT2D eigenvalue weighted by atomic mass is 16.2. The van der Waals surface area contributed by atoms with E-state index in [1.54, 1.807) is 26.0 Å². The van der Waals surface area contributed by atoms with E-state index in [9.17, 15) is 14.4 Å². The Labute approximate surface area is 147 Å². The van der Waals surface area contributed by atoms with E-state index in [4.69, 9.17) is 0 Å². The third-order valence-electron chi connectivity index (χ3n) is 3.53. The quantitative estimate of drug-likeness (QED) is 0.619. The van der Waals surface area contributed by atoms with Crippen molar-refractivity contribution in [3.63, 3.8) is 0 Å². The van der Waals surface area contributed by atoms with Gasteiger partial charge in [-0.15, -0.1) is 0 Å². The number of likely N-dealkylation sites (N-methyl/N-ethyl adjacent to an activating group) is 4. The van der Waals surface area contributed by atoms with Crippen molar-refractivity contribution < 1.29 is 14.4 Å². The summed E-state index contributed by atoms with van der Waals surface area (Å²) in [6.45, 7) is 9.69. The van der Waals surface area contributed by atoms with Gasteiger partial charge in [-0.2, -0.15) is 0 Å². The van der Waals surface area contributed by atoms with E-state index in [0.717, 1.165) is 13.0 Å².